The van der Waals surface area contributed by atoms with E-state index in [1.807, 2.05) is 12.3 Å². The van der Waals surface area contributed by atoms with Crippen molar-refractivity contribution in [3.63, 3.8) is 0 Å². The van der Waals surface area contributed by atoms with Gasteiger partial charge < -0.3 is 5.32 Å². The maximum absolute atomic E-state index is 4.84. The summed E-state index contributed by atoms with van der Waals surface area (Å²) in [5.74, 6) is 0. The van der Waals surface area contributed by atoms with Crippen LogP contribution in [0, 0.1) is 0 Å². The van der Waals surface area contributed by atoms with Gasteiger partial charge in [0, 0.05) is 12.2 Å². The van der Waals surface area contributed by atoms with Gasteiger partial charge in [0.05, 0.1) is 6.04 Å². The molecular weight excluding hydrogens is 268 g/mol. The molecule has 2 aromatic rings. The van der Waals surface area contributed by atoms with Crippen LogP contribution < -0.4 is 5.32 Å². The zero-order valence-electron chi connectivity index (χ0n) is 11.6. The van der Waals surface area contributed by atoms with Gasteiger partial charge in [-0.25, -0.2) is 9.97 Å². The molecule has 0 aliphatic carbocycles. The Labute approximate surface area is 123 Å². The lowest BCUT2D eigenvalue weighted by Crippen LogP contribution is -2.42. The molecular formula is C15H20N4S. The van der Waals surface area contributed by atoms with Gasteiger partial charge >= 0.3 is 0 Å². The first-order valence-electron chi connectivity index (χ1n) is 7.60. The number of thiazole rings is 1. The summed E-state index contributed by atoms with van der Waals surface area (Å²) in [5.41, 5.74) is 1.06. The van der Waals surface area contributed by atoms with Crippen molar-refractivity contribution in [3.05, 3.63) is 23.3 Å². The molecule has 2 aliphatic heterocycles. The van der Waals surface area contributed by atoms with E-state index in [1.54, 1.807) is 11.3 Å². The summed E-state index contributed by atoms with van der Waals surface area (Å²) in [5, 5.41) is 4.74. The molecule has 1 N–H and O–H groups in total. The number of hydrogen-bond donors (Lipinski definition) is 1. The van der Waals surface area contributed by atoms with Crippen molar-refractivity contribution in [2.45, 2.75) is 37.8 Å². The maximum atomic E-state index is 4.84. The van der Waals surface area contributed by atoms with E-state index in [0.717, 1.165) is 29.5 Å². The van der Waals surface area contributed by atoms with Crippen LogP contribution in [0.4, 0.5) is 0 Å². The normalized spacial score (nSPS) is 25.5. The molecule has 2 aliphatic rings. The Morgan fingerprint density at radius 2 is 2.15 bits per heavy atom. The summed E-state index contributed by atoms with van der Waals surface area (Å²) in [7, 11) is 0. The van der Waals surface area contributed by atoms with Crippen molar-refractivity contribution in [2.24, 2.45) is 0 Å². The Morgan fingerprint density at radius 1 is 1.25 bits per heavy atom. The molecule has 4 rings (SSSR count). The lowest BCUT2D eigenvalue weighted by Gasteiger charge is -2.35. The standard InChI is InChI=1S/C15H20N4S/c1-3-12-14(17-7-1)20-15(18-12)13-4-2-10-19(13)11-5-8-16-9-6-11/h1,3,7,11,13,16H,2,4-6,8-10H2. The number of aromatic nitrogens is 2. The highest BCUT2D eigenvalue weighted by Gasteiger charge is 2.34. The van der Waals surface area contributed by atoms with Gasteiger partial charge in [-0.2, -0.15) is 0 Å². The minimum absolute atomic E-state index is 0.525. The fourth-order valence-corrected chi connectivity index (χ4v) is 4.62. The smallest absolute Gasteiger partial charge is 0.143 e. The first-order chi connectivity index (χ1) is 9.92. The van der Waals surface area contributed by atoms with Gasteiger partial charge in [0.25, 0.3) is 0 Å². The van der Waals surface area contributed by atoms with Crippen LogP contribution in [-0.2, 0) is 0 Å². The highest BCUT2D eigenvalue weighted by atomic mass is 32.1. The van der Waals surface area contributed by atoms with E-state index in [4.69, 9.17) is 4.98 Å². The summed E-state index contributed by atoms with van der Waals surface area (Å²) in [6, 6.07) is 5.32. The number of nitrogens with zero attached hydrogens (tertiary/aromatic N) is 3. The first-order valence-corrected chi connectivity index (χ1v) is 8.41. The zero-order valence-corrected chi connectivity index (χ0v) is 12.4. The Morgan fingerprint density at radius 3 is 3.00 bits per heavy atom. The van der Waals surface area contributed by atoms with Gasteiger partial charge in [0.15, 0.2) is 0 Å². The average molecular weight is 288 g/mol. The third-order valence-electron chi connectivity index (χ3n) is 4.54. The molecule has 1 unspecified atom stereocenters. The third kappa shape index (κ3) is 2.24. The second-order valence-electron chi connectivity index (χ2n) is 5.76. The van der Waals surface area contributed by atoms with Crippen LogP contribution >= 0.6 is 11.3 Å². The highest BCUT2D eigenvalue weighted by Crippen LogP contribution is 2.38. The molecule has 2 fully saturated rings. The largest absolute Gasteiger partial charge is 0.317 e. The number of pyridine rings is 1. The average Bonchev–Trinajstić information content (AvgIpc) is 3.14. The van der Waals surface area contributed by atoms with Crippen LogP contribution in [0.15, 0.2) is 18.3 Å². The van der Waals surface area contributed by atoms with Crippen LogP contribution in [0.1, 0.15) is 36.7 Å². The molecule has 0 aromatic carbocycles. The molecule has 106 valence electrons. The lowest BCUT2D eigenvalue weighted by atomic mass is 10.0. The summed E-state index contributed by atoms with van der Waals surface area (Å²) >= 11 is 1.78. The summed E-state index contributed by atoms with van der Waals surface area (Å²) in [6.07, 6.45) is 6.98. The molecule has 1 atom stereocenters. The minimum Gasteiger partial charge on any atom is -0.317 e. The molecule has 0 bridgehead atoms. The van der Waals surface area contributed by atoms with E-state index in [1.165, 1.54) is 37.2 Å². The minimum atomic E-state index is 0.525. The van der Waals surface area contributed by atoms with E-state index >= 15 is 0 Å². The molecule has 0 radical (unpaired) electrons. The van der Waals surface area contributed by atoms with E-state index in [2.05, 4.69) is 21.3 Å². The van der Waals surface area contributed by atoms with Crippen LogP contribution in [0.3, 0.4) is 0 Å². The number of fused-ring (bicyclic) bond motifs is 1. The Hall–Kier alpha value is -1.04. The summed E-state index contributed by atoms with van der Waals surface area (Å²) in [6.45, 7) is 3.56. The number of likely N-dealkylation sites (tertiary alicyclic amines) is 1. The van der Waals surface area contributed by atoms with Gasteiger partial charge in [0.2, 0.25) is 0 Å². The van der Waals surface area contributed by atoms with Crippen LogP contribution in [0.2, 0.25) is 0 Å². The monoisotopic (exact) mass is 288 g/mol. The highest BCUT2D eigenvalue weighted by molar-refractivity contribution is 7.18. The van der Waals surface area contributed by atoms with Crippen molar-refractivity contribution in [3.8, 4) is 0 Å². The predicted octanol–water partition coefficient (Wildman–Crippen LogP) is 2.58. The van der Waals surface area contributed by atoms with Crippen molar-refractivity contribution < 1.29 is 0 Å². The molecule has 4 nitrogen and oxygen atoms in total. The van der Waals surface area contributed by atoms with Gasteiger partial charge in [-0.15, -0.1) is 0 Å². The van der Waals surface area contributed by atoms with E-state index < -0.39 is 0 Å². The predicted molar refractivity (Wildman–Crippen MR) is 82.0 cm³/mol. The van der Waals surface area contributed by atoms with Crippen molar-refractivity contribution in [1.29, 1.82) is 0 Å². The molecule has 0 saturated carbocycles. The summed E-state index contributed by atoms with van der Waals surface area (Å²) < 4.78 is 0. The van der Waals surface area contributed by atoms with E-state index in [9.17, 15) is 0 Å². The maximum Gasteiger partial charge on any atom is 0.143 e. The molecule has 4 heterocycles. The molecule has 0 amide bonds. The Bertz CT molecular complexity index is 557. The fraction of sp³-hybridized carbons (Fsp3) is 0.600. The van der Waals surface area contributed by atoms with Crippen LogP contribution in [-0.4, -0.2) is 40.5 Å². The van der Waals surface area contributed by atoms with Gasteiger partial charge in [-0.1, -0.05) is 11.3 Å². The van der Waals surface area contributed by atoms with Gasteiger partial charge in [0.1, 0.15) is 15.4 Å². The van der Waals surface area contributed by atoms with Crippen LogP contribution in [0.5, 0.6) is 0 Å². The van der Waals surface area contributed by atoms with Crippen molar-refractivity contribution in [2.75, 3.05) is 19.6 Å². The molecule has 2 aromatic heterocycles. The second kappa shape index (κ2) is 5.39. The fourth-order valence-electron chi connectivity index (χ4n) is 3.56. The number of piperidine rings is 1. The quantitative estimate of drug-likeness (QED) is 0.922. The van der Waals surface area contributed by atoms with E-state index in [0.29, 0.717) is 6.04 Å². The van der Waals surface area contributed by atoms with Crippen molar-refractivity contribution >= 4 is 21.7 Å². The number of nitrogens with one attached hydrogen (secondary N) is 1. The van der Waals surface area contributed by atoms with Crippen LogP contribution in [0.25, 0.3) is 10.3 Å². The van der Waals surface area contributed by atoms with E-state index in [-0.39, 0.29) is 0 Å². The van der Waals surface area contributed by atoms with Gasteiger partial charge in [-0.05, 0) is 57.5 Å². The molecule has 20 heavy (non-hydrogen) atoms. The number of rotatable bonds is 2. The van der Waals surface area contributed by atoms with Crippen molar-refractivity contribution in [1.82, 2.24) is 20.2 Å². The second-order valence-corrected chi connectivity index (χ2v) is 6.77. The Balaban J connectivity index is 1.62. The zero-order chi connectivity index (χ0) is 13.4. The lowest BCUT2D eigenvalue weighted by molar-refractivity contribution is 0.148. The topological polar surface area (TPSA) is 41.1 Å². The molecule has 2 saturated heterocycles. The first kappa shape index (κ1) is 12.7. The molecule has 0 spiro atoms. The van der Waals surface area contributed by atoms with Gasteiger partial charge in [-0.3, -0.25) is 4.90 Å². The third-order valence-corrected chi connectivity index (χ3v) is 5.62. The summed E-state index contributed by atoms with van der Waals surface area (Å²) in [4.78, 5) is 13.1. The molecule has 5 heteroatoms. The number of hydrogen-bond acceptors (Lipinski definition) is 5. The SMILES string of the molecule is c1cnc2sc(C3CCCN3C3CCNCC3)nc2c1. The Kier molecular flexibility index (Phi) is 3.42.